The Kier molecular flexibility index (Phi) is 4.06. The molecule has 1 N–H and O–H groups in total. The van der Waals surface area contributed by atoms with Crippen LogP contribution in [0.1, 0.15) is 42.5 Å². The first-order chi connectivity index (χ1) is 10.6. The van der Waals surface area contributed by atoms with E-state index in [1.54, 1.807) is 10.6 Å². The van der Waals surface area contributed by atoms with Crippen LogP contribution in [0.4, 0.5) is 0 Å². The van der Waals surface area contributed by atoms with E-state index in [9.17, 15) is 4.79 Å². The molecular formula is C15H21N5O2. The number of aryl methyl sites for hydroxylation is 1. The van der Waals surface area contributed by atoms with E-state index in [4.69, 9.17) is 4.74 Å². The number of hydrogen-bond donors (Lipinski definition) is 1. The van der Waals surface area contributed by atoms with Gasteiger partial charge in [-0.3, -0.25) is 9.20 Å². The van der Waals surface area contributed by atoms with Gasteiger partial charge in [0.25, 0.3) is 11.7 Å². The lowest BCUT2D eigenvalue weighted by Gasteiger charge is -2.41. The molecule has 1 aliphatic carbocycles. The molecule has 3 rings (SSSR count). The maximum Gasteiger partial charge on any atom is 0.289 e. The fourth-order valence-corrected chi connectivity index (χ4v) is 2.74. The smallest absolute Gasteiger partial charge is 0.289 e. The molecule has 7 heteroatoms. The number of rotatable bonds is 6. The molecule has 2 aromatic heterocycles. The lowest BCUT2D eigenvalue weighted by molar-refractivity contribution is -0.000258. The number of carbonyl (C=O) groups is 1. The predicted molar refractivity (Wildman–Crippen MR) is 80.6 cm³/mol. The van der Waals surface area contributed by atoms with Gasteiger partial charge in [-0.15, -0.1) is 10.2 Å². The second-order valence-corrected chi connectivity index (χ2v) is 5.94. The summed E-state index contributed by atoms with van der Waals surface area (Å²) in [6.45, 7) is 5.88. The van der Waals surface area contributed by atoms with Crippen LogP contribution in [0, 0.1) is 12.3 Å². The van der Waals surface area contributed by atoms with Crippen molar-refractivity contribution < 1.29 is 9.53 Å². The van der Waals surface area contributed by atoms with Crippen molar-refractivity contribution in [3.05, 3.63) is 23.8 Å². The van der Waals surface area contributed by atoms with Gasteiger partial charge in [0.15, 0.2) is 0 Å². The van der Waals surface area contributed by atoms with Crippen LogP contribution in [0.5, 0.6) is 0 Å². The van der Waals surface area contributed by atoms with Crippen molar-refractivity contribution in [1.29, 1.82) is 0 Å². The molecule has 0 aromatic carbocycles. The highest BCUT2D eigenvalue weighted by molar-refractivity contribution is 5.91. The first-order valence-corrected chi connectivity index (χ1v) is 7.68. The van der Waals surface area contributed by atoms with Crippen LogP contribution in [-0.2, 0) is 4.74 Å². The van der Waals surface area contributed by atoms with E-state index in [1.165, 1.54) is 6.42 Å². The fourth-order valence-electron chi connectivity index (χ4n) is 2.74. The molecule has 0 atom stereocenters. The van der Waals surface area contributed by atoms with E-state index in [0.717, 1.165) is 18.5 Å². The molecular weight excluding hydrogens is 282 g/mol. The Morgan fingerprint density at radius 3 is 2.95 bits per heavy atom. The molecule has 7 nitrogen and oxygen atoms in total. The molecule has 1 amide bonds. The predicted octanol–water partition coefficient (Wildman–Crippen LogP) is 1.37. The van der Waals surface area contributed by atoms with Crippen LogP contribution in [0.15, 0.2) is 12.3 Å². The number of ether oxygens (including phenoxy) is 1. The number of fused-ring (bicyclic) bond motifs is 1. The third-order valence-electron chi connectivity index (χ3n) is 4.27. The molecule has 0 radical (unpaired) electrons. The minimum atomic E-state index is -0.221. The first kappa shape index (κ1) is 14.9. The zero-order chi connectivity index (χ0) is 15.6. The molecule has 118 valence electrons. The number of carbonyl (C=O) groups excluding carboxylic acids is 1. The van der Waals surface area contributed by atoms with Crippen molar-refractivity contribution in [2.24, 2.45) is 5.41 Å². The van der Waals surface area contributed by atoms with E-state index in [1.807, 2.05) is 19.9 Å². The largest absolute Gasteiger partial charge is 0.381 e. The van der Waals surface area contributed by atoms with Crippen molar-refractivity contribution in [3.63, 3.8) is 0 Å². The van der Waals surface area contributed by atoms with Crippen LogP contribution in [0.25, 0.3) is 5.78 Å². The third-order valence-corrected chi connectivity index (χ3v) is 4.27. The molecule has 0 unspecified atom stereocenters. The summed E-state index contributed by atoms with van der Waals surface area (Å²) < 4.78 is 7.16. The summed E-state index contributed by atoms with van der Waals surface area (Å²) in [4.78, 5) is 16.6. The first-order valence-electron chi connectivity index (χ1n) is 7.68. The second-order valence-electron chi connectivity index (χ2n) is 5.94. The van der Waals surface area contributed by atoms with Gasteiger partial charge in [0, 0.05) is 30.5 Å². The topological polar surface area (TPSA) is 81.4 Å². The normalized spacial score (nSPS) is 16.5. The highest BCUT2D eigenvalue weighted by Crippen LogP contribution is 2.40. The van der Waals surface area contributed by atoms with Gasteiger partial charge in [-0.1, -0.05) is 6.42 Å². The van der Waals surface area contributed by atoms with Crippen molar-refractivity contribution >= 4 is 11.7 Å². The van der Waals surface area contributed by atoms with Gasteiger partial charge in [0.1, 0.15) is 0 Å². The maximum atomic E-state index is 12.4. The van der Waals surface area contributed by atoms with Gasteiger partial charge in [-0.05, 0) is 32.8 Å². The third kappa shape index (κ3) is 2.81. The zero-order valence-corrected chi connectivity index (χ0v) is 13.0. The van der Waals surface area contributed by atoms with E-state index < -0.39 is 0 Å². The summed E-state index contributed by atoms with van der Waals surface area (Å²) in [6.07, 6.45) is 5.15. The quantitative estimate of drug-likeness (QED) is 0.871. The van der Waals surface area contributed by atoms with Crippen LogP contribution in [-0.4, -0.2) is 45.2 Å². The highest BCUT2D eigenvalue weighted by atomic mass is 16.5. The summed E-state index contributed by atoms with van der Waals surface area (Å²) >= 11 is 0. The Bertz CT molecular complexity index is 678. The lowest BCUT2D eigenvalue weighted by atomic mass is 9.69. The Hall–Kier alpha value is -2.02. The van der Waals surface area contributed by atoms with E-state index in [0.29, 0.717) is 25.5 Å². The van der Waals surface area contributed by atoms with Crippen LogP contribution >= 0.6 is 0 Å². The average molecular weight is 303 g/mol. The van der Waals surface area contributed by atoms with Crippen LogP contribution in [0.2, 0.25) is 0 Å². The Labute approximate surface area is 129 Å². The number of aromatic nitrogens is 4. The van der Waals surface area contributed by atoms with E-state index >= 15 is 0 Å². The average Bonchev–Trinajstić information content (AvgIpc) is 2.88. The summed E-state index contributed by atoms with van der Waals surface area (Å²) in [5, 5.41) is 10.9. The van der Waals surface area contributed by atoms with Crippen molar-refractivity contribution in [2.75, 3.05) is 19.8 Å². The fraction of sp³-hybridized carbons (Fsp3) is 0.600. The molecule has 0 saturated heterocycles. The van der Waals surface area contributed by atoms with Gasteiger partial charge in [0.2, 0.25) is 5.82 Å². The van der Waals surface area contributed by atoms with Gasteiger partial charge in [-0.25, -0.2) is 4.98 Å². The molecule has 0 spiro atoms. The van der Waals surface area contributed by atoms with Gasteiger partial charge in [0.05, 0.1) is 6.61 Å². The molecule has 2 aromatic rings. The minimum Gasteiger partial charge on any atom is -0.381 e. The van der Waals surface area contributed by atoms with Crippen LogP contribution in [0.3, 0.4) is 0 Å². The Morgan fingerprint density at radius 2 is 2.27 bits per heavy atom. The number of nitrogens with one attached hydrogen (secondary N) is 1. The highest BCUT2D eigenvalue weighted by Gasteiger charge is 2.37. The Morgan fingerprint density at radius 1 is 1.45 bits per heavy atom. The van der Waals surface area contributed by atoms with Crippen molar-refractivity contribution in [2.45, 2.75) is 33.1 Å². The number of nitrogens with zero attached hydrogens (tertiary/aromatic N) is 4. The molecule has 22 heavy (non-hydrogen) atoms. The van der Waals surface area contributed by atoms with E-state index in [2.05, 4.69) is 20.5 Å². The molecule has 0 aliphatic heterocycles. The molecule has 1 fully saturated rings. The van der Waals surface area contributed by atoms with Gasteiger partial charge in [-0.2, -0.15) is 0 Å². The molecule has 1 aliphatic rings. The Balaban J connectivity index is 1.68. The van der Waals surface area contributed by atoms with Crippen molar-refractivity contribution in [1.82, 2.24) is 24.9 Å². The SMILES string of the molecule is CCOCC1(CNC(=O)c2nnc3nc(C)ccn23)CCC1. The number of amides is 1. The monoisotopic (exact) mass is 303 g/mol. The summed E-state index contributed by atoms with van der Waals surface area (Å²) in [5.41, 5.74) is 0.929. The second kappa shape index (κ2) is 6.00. The zero-order valence-electron chi connectivity index (χ0n) is 13.0. The lowest BCUT2D eigenvalue weighted by Crippen LogP contribution is -2.45. The summed E-state index contributed by atoms with van der Waals surface area (Å²) in [7, 11) is 0. The maximum absolute atomic E-state index is 12.4. The summed E-state index contributed by atoms with van der Waals surface area (Å²) in [5.74, 6) is 0.493. The molecule has 1 saturated carbocycles. The molecule has 2 heterocycles. The van der Waals surface area contributed by atoms with E-state index in [-0.39, 0.29) is 17.1 Å². The number of hydrogen-bond acceptors (Lipinski definition) is 5. The van der Waals surface area contributed by atoms with Gasteiger partial charge >= 0.3 is 0 Å². The van der Waals surface area contributed by atoms with Gasteiger partial charge < -0.3 is 10.1 Å². The van der Waals surface area contributed by atoms with Crippen LogP contribution < -0.4 is 5.32 Å². The summed E-state index contributed by atoms with van der Waals surface area (Å²) in [6, 6.07) is 1.83. The minimum absolute atomic E-state index is 0.0843. The van der Waals surface area contributed by atoms with Crippen molar-refractivity contribution in [3.8, 4) is 0 Å². The molecule has 0 bridgehead atoms. The standard InChI is InChI=1S/C15H21N5O2/c1-3-22-10-15(6-4-7-15)9-16-13(21)12-18-19-14-17-11(2)5-8-20(12)14/h5,8H,3-4,6-7,9-10H2,1-2H3,(H,16,21).